The van der Waals surface area contributed by atoms with Crippen molar-refractivity contribution in [3.63, 3.8) is 0 Å². The molecule has 1 unspecified atom stereocenters. The van der Waals surface area contributed by atoms with E-state index in [0.29, 0.717) is 19.3 Å². The third kappa shape index (κ3) is 69.5. The van der Waals surface area contributed by atoms with E-state index in [9.17, 15) is 14.4 Å². The van der Waals surface area contributed by atoms with Gasteiger partial charge >= 0.3 is 17.9 Å². The highest BCUT2D eigenvalue weighted by molar-refractivity contribution is 5.71. The van der Waals surface area contributed by atoms with Crippen LogP contribution in [0.2, 0.25) is 0 Å². The minimum Gasteiger partial charge on any atom is -0.462 e. The SMILES string of the molecule is CC/C=C\C/C=C\C/C=C\C/C=C\C/C=C\CCCC(=O)OC(COC(=O)CCCCCCC/C=C\CCCCCCCCC)COC(=O)CCCCCCCCCCCCCCCCCCCCCCCCCCCCCCCCCC. The third-order valence-electron chi connectivity index (χ3n) is 16.2. The molecule has 0 saturated carbocycles. The molecule has 6 heteroatoms. The second kappa shape index (κ2) is 71.3. The Hall–Kier alpha value is -3.15. The van der Waals surface area contributed by atoms with Crippen molar-refractivity contribution < 1.29 is 28.6 Å². The molecule has 6 nitrogen and oxygen atoms in total. The molecule has 0 heterocycles. The molecule has 0 rings (SSSR count). The summed E-state index contributed by atoms with van der Waals surface area (Å²) in [5.74, 6) is -0.945. The lowest BCUT2D eigenvalue weighted by Crippen LogP contribution is -2.30. The van der Waals surface area contributed by atoms with E-state index in [-0.39, 0.29) is 37.5 Å². The molecule has 0 bridgehead atoms. The fourth-order valence-electron chi connectivity index (χ4n) is 10.8. The molecular weight excluding hydrogens is 1020 g/mol. The zero-order chi connectivity index (χ0) is 59.9. The summed E-state index contributed by atoms with van der Waals surface area (Å²) in [6, 6.07) is 0. The van der Waals surface area contributed by atoms with Crippen molar-refractivity contribution in [2.24, 2.45) is 0 Å². The van der Waals surface area contributed by atoms with E-state index >= 15 is 0 Å². The van der Waals surface area contributed by atoms with Gasteiger partial charge in [-0.3, -0.25) is 14.4 Å². The van der Waals surface area contributed by atoms with E-state index in [0.717, 1.165) is 83.5 Å². The van der Waals surface area contributed by atoms with Crippen LogP contribution in [0.5, 0.6) is 0 Å². The summed E-state index contributed by atoms with van der Waals surface area (Å²) in [5.41, 5.74) is 0. The molecule has 83 heavy (non-hydrogen) atoms. The van der Waals surface area contributed by atoms with Crippen molar-refractivity contribution in [1.29, 1.82) is 0 Å². The molecule has 0 radical (unpaired) electrons. The molecule has 0 saturated heterocycles. The number of esters is 3. The zero-order valence-corrected chi connectivity index (χ0v) is 55.5. The largest absolute Gasteiger partial charge is 0.462 e. The van der Waals surface area contributed by atoms with E-state index < -0.39 is 6.10 Å². The smallest absolute Gasteiger partial charge is 0.306 e. The monoisotopic (exact) mass is 1160 g/mol. The first-order valence-corrected chi connectivity index (χ1v) is 36.4. The first kappa shape index (κ1) is 79.8. The van der Waals surface area contributed by atoms with Crippen LogP contribution < -0.4 is 0 Å². The fourth-order valence-corrected chi connectivity index (χ4v) is 10.8. The van der Waals surface area contributed by atoms with Crippen molar-refractivity contribution in [3.05, 3.63) is 72.9 Å². The van der Waals surface area contributed by atoms with Crippen LogP contribution in [0.15, 0.2) is 72.9 Å². The highest BCUT2D eigenvalue weighted by atomic mass is 16.6. The molecule has 0 aromatic carbocycles. The first-order chi connectivity index (χ1) is 41.0. The van der Waals surface area contributed by atoms with Crippen LogP contribution in [-0.4, -0.2) is 37.2 Å². The number of unbranched alkanes of at least 4 members (excludes halogenated alkanes) is 44. The summed E-state index contributed by atoms with van der Waals surface area (Å²) in [6.45, 7) is 6.53. The number of carbonyl (C=O) groups is 3. The van der Waals surface area contributed by atoms with Crippen molar-refractivity contribution in [2.75, 3.05) is 13.2 Å². The standard InChI is InChI=1S/C77H138O6/c1-4-7-10-13-16-19-22-25-28-31-32-33-34-35-36-37-38-39-40-41-42-43-44-45-47-49-52-55-58-61-64-67-70-76(79)82-73-74(72-81-75(78)69-66-63-60-57-54-51-48-30-27-24-21-18-15-12-9-6-3)83-77(80)71-68-65-62-59-56-53-50-46-29-26-23-20-17-14-11-8-5-2/h8,11,17,20,26,29-30,48,50,53,59,62,74H,4-7,9-10,12-16,18-19,21-25,27-28,31-47,49,51-52,54-58,60-61,63-73H2,1-3H3/b11-8-,20-17-,29-26-,48-30-,53-50-,62-59-. The second-order valence-electron chi connectivity index (χ2n) is 24.5. The average Bonchev–Trinajstić information content (AvgIpc) is 3.49. The van der Waals surface area contributed by atoms with Gasteiger partial charge in [0.2, 0.25) is 0 Å². The molecule has 0 spiro atoms. The number of ether oxygens (including phenoxy) is 3. The fraction of sp³-hybridized carbons (Fsp3) is 0.805. The molecule has 0 N–H and O–H groups in total. The first-order valence-electron chi connectivity index (χ1n) is 36.4. The van der Waals surface area contributed by atoms with Gasteiger partial charge in [-0.05, 0) is 83.5 Å². The Bertz CT molecular complexity index is 1520. The molecular formula is C77H138O6. The van der Waals surface area contributed by atoms with Crippen LogP contribution in [0.25, 0.3) is 0 Å². The summed E-state index contributed by atoms with van der Waals surface area (Å²) >= 11 is 0. The van der Waals surface area contributed by atoms with Crippen molar-refractivity contribution >= 4 is 17.9 Å². The van der Waals surface area contributed by atoms with Crippen LogP contribution >= 0.6 is 0 Å². The lowest BCUT2D eigenvalue weighted by Gasteiger charge is -2.18. The summed E-state index contributed by atoms with van der Waals surface area (Å²) in [7, 11) is 0. The molecule has 0 aliphatic heterocycles. The average molecular weight is 1160 g/mol. The molecule has 0 aliphatic rings. The van der Waals surface area contributed by atoms with Gasteiger partial charge < -0.3 is 14.2 Å². The van der Waals surface area contributed by atoms with Crippen LogP contribution in [0.3, 0.4) is 0 Å². The lowest BCUT2D eigenvalue weighted by atomic mass is 10.0. The molecule has 1 atom stereocenters. The minimum absolute atomic E-state index is 0.0975. The maximum Gasteiger partial charge on any atom is 0.306 e. The molecule has 0 amide bonds. The van der Waals surface area contributed by atoms with Crippen LogP contribution in [-0.2, 0) is 28.6 Å². The molecule has 0 aromatic heterocycles. The van der Waals surface area contributed by atoms with Crippen LogP contribution in [0.1, 0.15) is 380 Å². The maximum absolute atomic E-state index is 12.9. The van der Waals surface area contributed by atoms with Gasteiger partial charge in [0.15, 0.2) is 6.10 Å². The van der Waals surface area contributed by atoms with Crippen molar-refractivity contribution in [1.82, 2.24) is 0 Å². The Morgan fingerprint density at radius 3 is 0.783 bits per heavy atom. The highest BCUT2D eigenvalue weighted by Crippen LogP contribution is 2.18. The summed E-state index contributed by atoms with van der Waals surface area (Å²) in [6.07, 6.45) is 93.9. The quantitative estimate of drug-likeness (QED) is 0.0261. The van der Waals surface area contributed by atoms with Gasteiger partial charge in [-0.25, -0.2) is 0 Å². The number of rotatable bonds is 67. The van der Waals surface area contributed by atoms with E-state index in [2.05, 4.69) is 93.7 Å². The summed E-state index contributed by atoms with van der Waals surface area (Å²) in [4.78, 5) is 38.4. The maximum atomic E-state index is 12.9. The molecule has 0 aliphatic carbocycles. The van der Waals surface area contributed by atoms with E-state index in [1.54, 1.807) is 0 Å². The second-order valence-corrected chi connectivity index (χ2v) is 24.5. The van der Waals surface area contributed by atoms with Gasteiger partial charge in [0.1, 0.15) is 13.2 Å². The summed E-state index contributed by atoms with van der Waals surface area (Å²) < 4.78 is 16.9. The van der Waals surface area contributed by atoms with Crippen molar-refractivity contribution in [2.45, 2.75) is 386 Å². The van der Waals surface area contributed by atoms with Gasteiger partial charge in [0.05, 0.1) is 0 Å². The Kier molecular flexibility index (Phi) is 68.6. The van der Waals surface area contributed by atoms with E-state index in [4.69, 9.17) is 14.2 Å². The van der Waals surface area contributed by atoms with Gasteiger partial charge in [-0.1, -0.05) is 351 Å². The van der Waals surface area contributed by atoms with Gasteiger partial charge in [-0.15, -0.1) is 0 Å². The van der Waals surface area contributed by atoms with Crippen molar-refractivity contribution in [3.8, 4) is 0 Å². The highest BCUT2D eigenvalue weighted by Gasteiger charge is 2.19. The van der Waals surface area contributed by atoms with Gasteiger partial charge in [-0.2, -0.15) is 0 Å². The normalized spacial score (nSPS) is 12.5. The van der Waals surface area contributed by atoms with E-state index in [1.165, 1.54) is 250 Å². The number of hydrogen-bond acceptors (Lipinski definition) is 6. The van der Waals surface area contributed by atoms with Gasteiger partial charge in [0, 0.05) is 19.3 Å². The van der Waals surface area contributed by atoms with E-state index in [1.807, 2.05) is 0 Å². The van der Waals surface area contributed by atoms with Crippen LogP contribution in [0, 0.1) is 0 Å². The number of carbonyl (C=O) groups excluding carboxylic acids is 3. The van der Waals surface area contributed by atoms with Gasteiger partial charge in [0.25, 0.3) is 0 Å². The minimum atomic E-state index is -0.809. The zero-order valence-electron chi connectivity index (χ0n) is 55.5. The molecule has 482 valence electrons. The number of hydrogen-bond donors (Lipinski definition) is 0. The predicted molar refractivity (Wildman–Crippen MR) is 362 cm³/mol. The van der Waals surface area contributed by atoms with Crippen LogP contribution in [0.4, 0.5) is 0 Å². The Balaban J connectivity index is 4.22. The Labute approximate surface area is 516 Å². The molecule has 0 aromatic rings. The molecule has 0 fully saturated rings. The number of allylic oxidation sites excluding steroid dienone is 12. The summed E-state index contributed by atoms with van der Waals surface area (Å²) in [5, 5.41) is 0. The lowest BCUT2D eigenvalue weighted by molar-refractivity contribution is -0.167. The predicted octanol–water partition coefficient (Wildman–Crippen LogP) is 25.2. The Morgan fingerprint density at radius 2 is 0.482 bits per heavy atom. The Morgan fingerprint density at radius 1 is 0.253 bits per heavy atom. The third-order valence-corrected chi connectivity index (χ3v) is 16.2. The topological polar surface area (TPSA) is 78.9 Å².